The maximum atomic E-state index is 5.41. The molecule has 0 fully saturated rings. The Labute approximate surface area is 306 Å². The summed E-state index contributed by atoms with van der Waals surface area (Å²) in [6, 6.07) is 67.1. The SMILES string of the molecule is c1ccc(-c2ccc(-c3nc(-c4ccccc4-c4ccccc4)cc(-c4cccc5c6cccc7c8cccc9cccc(c98)n(c45)c76)n3)cc2)cc1. The van der Waals surface area contributed by atoms with E-state index in [0.29, 0.717) is 5.82 Å². The summed E-state index contributed by atoms with van der Waals surface area (Å²) in [7, 11) is 0. The Balaban J connectivity index is 1.21. The molecule has 0 unspecified atom stereocenters. The lowest BCUT2D eigenvalue weighted by molar-refractivity contribution is 1.18. The standard InChI is InChI=1S/C50H31N3/c1-3-13-32(14-4-1)33-27-29-36(30-28-33)50-51-44(38-20-8-7-19-37(38)34-15-5-2-6-16-34)31-45(52-50)43-25-12-24-42-41-23-11-22-40-39-21-9-17-35-18-10-26-46(47(35)39)53(48(40)41)49(42)43/h1-31H. The Morgan fingerprint density at radius 1 is 0.340 bits per heavy atom. The van der Waals surface area contributed by atoms with E-state index in [1.807, 2.05) is 0 Å². The molecular weight excluding hydrogens is 643 g/mol. The van der Waals surface area contributed by atoms with Gasteiger partial charge in [0.25, 0.3) is 0 Å². The summed E-state index contributed by atoms with van der Waals surface area (Å²) in [6.45, 7) is 0. The van der Waals surface area contributed by atoms with Crippen LogP contribution in [0.2, 0.25) is 0 Å². The molecule has 0 saturated heterocycles. The molecule has 11 rings (SSSR count). The number of aromatic nitrogens is 3. The smallest absolute Gasteiger partial charge is 0.160 e. The summed E-state index contributed by atoms with van der Waals surface area (Å²) in [5, 5.41) is 7.51. The molecule has 0 aliphatic heterocycles. The van der Waals surface area contributed by atoms with Gasteiger partial charge in [0.15, 0.2) is 5.82 Å². The van der Waals surface area contributed by atoms with Crippen LogP contribution in [0.25, 0.3) is 105 Å². The van der Waals surface area contributed by atoms with Crippen LogP contribution in [0.3, 0.4) is 0 Å². The lowest BCUT2D eigenvalue weighted by Gasteiger charge is -2.15. The van der Waals surface area contributed by atoms with Crippen LogP contribution in [0.4, 0.5) is 0 Å². The third-order valence-electron chi connectivity index (χ3n) is 10.8. The molecular formula is C50H31N3. The number of nitrogens with zero attached hydrogens (tertiary/aromatic N) is 3. The van der Waals surface area contributed by atoms with Crippen molar-refractivity contribution in [2.75, 3.05) is 0 Å². The summed E-state index contributed by atoms with van der Waals surface area (Å²) in [5.41, 5.74) is 13.1. The number of pyridine rings is 1. The van der Waals surface area contributed by atoms with Gasteiger partial charge in [-0.1, -0.05) is 176 Å². The minimum Gasteiger partial charge on any atom is -0.307 e. The predicted octanol–water partition coefficient (Wildman–Crippen LogP) is 13.1. The zero-order valence-electron chi connectivity index (χ0n) is 28.7. The highest BCUT2D eigenvalue weighted by molar-refractivity contribution is 6.28. The molecule has 0 N–H and O–H groups in total. The first-order valence-corrected chi connectivity index (χ1v) is 18.1. The van der Waals surface area contributed by atoms with Crippen LogP contribution >= 0.6 is 0 Å². The minimum atomic E-state index is 0.694. The van der Waals surface area contributed by atoms with E-state index in [0.717, 1.165) is 50.3 Å². The molecule has 0 atom stereocenters. The molecule has 11 aromatic rings. The molecule has 0 saturated carbocycles. The van der Waals surface area contributed by atoms with Gasteiger partial charge in [0, 0.05) is 38.2 Å². The van der Waals surface area contributed by atoms with Gasteiger partial charge in [-0.15, -0.1) is 0 Å². The van der Waals surface area contributed by atoms with E-state index in [1.165, 1.54) is 48.9 Å². The van der Waals surface area contributed by atoms with Gasteiger partial charge in [-0.2, -0.15) is 0 Å². The van der Waals surface area contributed by atoms with Gasteiger partial charge >= 0.3 is 0 Å². The maximum Gasteiger partial charge on any atom is 0.160 e. The quantitative estimate of drug-likeness (QED) is 0.134. The van der Waals surface area contributed by atoms with E-state index >= 15 is 0 Å². The number of hydrogen-bond acceptors (Lipinski definition) is 2. The predicted molar refractivity (Wildman–Crippen MR) is 221 cm³/mol. The van der Waals surface area contributed by atoms with E-state index in [4.69, 9.17) is 9.97 Å². The molecule has 0 radical (unpaired) electrons. The zero-order chi connectivity index (χ0) is 34.9. The highest BCUT2D eigenvalue weighted by Crippen LogP contribution is 2.44. The molecule has 0 aliphatic carbocycles. The Kier molecular flexibility index (Phi) is 6.55. The van der Waals surface area contributed by atoms with E-state index in [-0.39, 0.29) is 0 Å². The minimum absolute atomic E-state index is 0.694. The Morgan fingerprint density at radius 2 is 0.849 bits per heavy atom. The van der Waals surface area contributed by atoms with Gasteiger partial charge in [0.05, 0.1) is 27.9 Å². The van der Waals surface area contributed by atoms with Crippen LogP contribution in [-0.2, 0) is 0 Å². The molecule has 3 heterocycles. The third-order valence-corrected chi connectivity index (χ3v) is 10.8. The van der Waals surface area contributed by atoms with Crippen LogP contribution in [-0.4, -0.2) is 14.4 Å². The van der Waals surface area contributed by atoms with Gasteiger partial charge in [0.2, 0.25) is 0 Å². The molecule has 0 amide bonds. The molecule has 0 aliphatic rings. The Hall–Kier alpha value is -7.10. The average molecular weight is 674 g/mol. The van der Waals surface area contributed by atoms with E-state index in [9.17, 15) is 0 Å². The van der Waals surface area contributed by atoms with Gasteiger partial charge in [-0.3, -0.25) is 0 Å². The fourth-order valence-electron chi connectivity index (χ4n) is 8.38. The van der Waals surface area contributed by atoms with Gasteiger partial charge in [0.1, 0.15) is 0 Å². The topological polar surface area (TPSA) is 30.2 Å². The van der Waals surface area contributed by atoms with Crippen molar-refractivity contribution >= 4 is 48.9 Å². The van der Waals surface area contributed by atoms with E-state index in [2.05, 4.69) is 192 Å². The van der Waals surface area contributed by atoms with E-state index in [1.54, 1.807) is 0 Å². The van der Waals surface area contributed by atoms with E-state index < -0.39 is 0 Å². The van der Waals surface area contributed by atoms with Gasteiger partial charge < -0.3 is 4.40 Å². The summed E-state index contributed by atoms with van der Waals surface area (Å²) >= 11 is 0. The lowest BCUT2D eigenvalue weighted by atomic mass is 9.96. The second-order valence-corrected chi connectivity index (χ2v) is 13.7. The second kappa shape index (κ2) is 11.7. The molecule has 8 aromatic carbocycles. The highest BCUT2D eigenvalue weighted by atomic mass is 14.9. The van der Waals surface area contributed by atoms with Crippen molar-refractivity contribution in [3.05, 3.63) is 188 Å². The molecule has 3 heteroatoms. The first-order valence-electron chi connectivity index (χ1n) is 18.1. The van der Waals surface area contributed by atoms with Gasteiger partial charge in [-0.05, 0) is 45.2 Å². The lowest BCUT2D eigenvalue weighted by Crippen LogP contribution is -1.98. The van der Waals surface area contributed by atoms with Crippen molar-refractivity contribution in [2.45, 2.75) is 0 Å². The molecule has 3 nitrogen and oxygen atoms in total. The van der Waals surface area contributed by atoms with Crippen LogP contribution < -0.4 is 0 Å². The Morgan fingerprint density at radius 3 is 1.60 bits per heavy atom. The van der Waals surface area contributed by atoms with Crippen molar-refractivity contribution in [3.63, 3.8) is 0 Å². The highest BCUT2D eigenvalue weighted by Gasteiger charge is 2.21. The zero-order valence-corrected chi connectivity index (χ0v) is 28.7. The second-order valence-electron chi connectivity index (χ2n) is 13.7. The first kappa shape index (κ1) is 29.6. The number of fused-ring (bicyclic) bond motifs is 5. The summed E-state index contributed by atoms with van der Waals surface area (Å²) in [5.74, 6) is 0.694. The molecule has 53 heavy (non-hydrogen) atoms. The van der Waals surface area contributed by atoms with Crippen molar-refractivity contribution in [2.24, 2.45) is 0 Å². The maximum absolute atomic E-state index is 5.41. The molecule has 0 bridgehead atoms. The normalized spacial score (nSPS) is 11.8. The monoisotopic (exact) mass is 673 g/mol. The number of rotatable bonds is 5. The number of hydrogen-bond donors (Lipinski definition) is 0. The third kappa shape index (κ3) is 4.61. The fraction of sp³-hybridized carbons (Fsp3) is 0. The summed E-state index contributed by atoms with van der Waals surface area (Å²) < 4.78 is 2.48. The molecule has 0 spiro atoms. The summed E-state index contributed by atoms with van der Waals surface area (Å²) in [4.78, 5) is 10.7. The van der Waals surface area contributed by atoms with Crippen LogP contribution in [0.1, 0.15) is 0 Å². The van der Waals surface area contributed by atoms with Crippen LogP contribution in [0.15, 0.2) is 188 Å². The van der Waals surface area contributed by atoms with Crippen LogP contribution in [0, 0.1) is 0 Å². The summed E-state index contributed by atoms with van der Waals surface area (Å²) in [6.07, 6.45) is 0. The average Bonchev–Trinajstić information content (AvgIpc) is 3.59. The van der Waals surface area contributed by atoms with Crippen molar-refractivity contribution in [1.82, 2.24) is 14.4 Å². The van der Waals surface area contributed by atoms with Crippen molar-refractivity contribution in [3.8, 4) is 56.2 Å². The van der Waals surface area contributed by atoms with Crippen molar-refractivity contribution in [1.29, 1.82) is 0 Å². The number of benzene rings is 8. The van der Waals surface area contributed by atoms with Crippen molar-refractivity contribution < 1.29 is 0 Å². The first-order chi connectivity index (χ1) is 26.3. The van der Waals surface area contributed by atoms with Gasteiger partial charge in [-0.25, -0.2) is 9.97 Å². The molecule has 246 valence electrons. The fourth-order valence-corrected chi connectivity index (χ4v) is 8.38. The largest absolute Gasteiger partial charge is 0.307 e. The number of para-hydroxylation sites is 2. The van der Waals surface area contributed by atoms with Crippen LogP contribution in [0.5, 0.6) is 0 Å². The molecule has 3 aromatic heterocycles. The Bertz CT molecular complexity index is 3140.